The van der Waals surface area contributed by atoms with Crippen LogP contribution in [0.1, 0.15) is 36.8 Å². The second-order valence-electron chi connectivity index (χ2n) is 7.74. The van der Waals surface area contributed by atoms with Gasteiger partial charge in [0, 0.05) is 17.8 Å². The number of nitrogens with one attached hydrogen (secondary N) is 2. The number of amides is 2. The summed E-state index contributed by atoms with van der Waals surface area (Å²) in [6.07, 6.45) is -7.12. The molecular weight excluding hydrogens is 454 g/mol. The number of carbonyl (C=O) groups excluding carboxylic acids is 1. The highest BCUT2D eigenvalue weighted by atomic mass is 19.4. The fourth-order valence-corrected chi connectivity index (χ4v) is 3.59. The average molecular weight is 476 g/mol. The highest BCUT2D eigenvalue weighted by Crippen LogP contribution is 2.33. The molecule has 2 amide bonds. The number of halogens is 6. The van der Waals surface area contributed by atoms with E-state index in [0.29, 0.717) is 37.0 Å². The zero-order chi connectivity index (χ0) is 24.2. The molecule has 0 saturated heterocycles. The number of benzene rings is 2. The highest BCUT2D eigenvalue weighted by Gasteiger charge is 2.32. The van der Waals surface area contributed by atoms with Crippen LogP contribution >= 0.6 is 0 Å². The van der Waals surface area contributed by atoms with Crippen molar-refractivity contribution in [3.8, 4) is 11.5 Å². The number of hydrogen-bond acceptors (Lipinski definition) is 3. The number of hydrogen-bond donors (Lipinski definition) is 2. The van der Waals surface area contributed by atoms with E-state index in [9.17, 15) is 31.1 Å². The van der Waals surface area contributed by atoms with Crippen molar-refractivity contribution in [2.45, 2.75) is 57.3 Å². The number of ether oxygens (including phenoxy) is 2. The molecule has 0 aromatic heterocycles. The summed E-state index contributed by atoms with van der Waals surface area (Å²) in [5.41, 5.74) is -0.202. The van der Waals surface area contributed by atoms with Crippen molar-refractivity contribution >= 4 is 11.7 Å². The van der Waals surface area contributed by atoms with Crippen LogP contribution in [-0.2, 0) is 6.18 Å². The van der Waals surface area contributed by atoms with Gasteiger partial charge in [-0.05, 0) is 68.5 Å². The Balaban J connectivity index is 1.47. The Hall–Kier alpha value is -3.11. The first-order chi connectivity index (χ1) is 15.4. The summed E-state index contributed by atoms with van der Waals surface area (Å²) >= 11 is 0. The minimum atomic E-state index is -4.83. The predicted molar refractivity (Wildman–Crippen MR) is 108 cm³/mol. The van der Waals surface area contributed by atoms with E-state index in [-0.39, 0.29) is 17.8 Å². The van der Waals surface area contributed by atoms with Crippen LogP contribution in [0.15, 0.2) is 42.5 Å². The van der Waals surface area contributed by atoms with Crippen molar-refractivity contribution in [1.29, 1.82) is 0 Å². The summed E-state index contributed by atoms with van der Waals surface area (Å²) in [5, 5.41) is 5.23. The molecule has 3 rings (SSSR count). The van der Waals surface area contributed by atoms with Gasteiger partial charge in [0.2, 0.25) is 0 Å². The molecule has 0 spiro atoms. The molecule has 0 unspecified atom stereocenters. The molecule has 1 saturated carbocycles. The third-order valence-electron chi connectivity index (χ3n) is 5.13. The molecule has 2 N–H and O–H groups in total. The number of aryl methyl sites for hydroxylation is 1. The predicted octanol–water partition coefficient (Wildman–Crippen LogP) is 6.42. The Morgan fingerprint density at radius 1 is 0.970 bits per heavy atom. The van der Waals surface area contributed by atoms with E-state index in [1.54, 1.807) is 6.92 Å². The molecule has 0 atom stereocenters. The van der Waals surface area contributed by atoms with Crippen molar-refractivity contribution in [3.05, 3.63) is 53.6 Å². The van der Waals surface area contributed by atoms with Gasteiger partial charge < -0.3 is 20.1 Å². The molecule has 180 valence electrons. The van der Waals surface area contributed by atoms with Crippen LogP contribution in [0.4, 0.5) is 36.8 Å². The summed E-state index contributed by atoms with van der Waals surface area (Å²) in [6, 6.07) is 7.53. The van der Waals surface area contributed by atoms with Crippen LogP contribution in [0.25, 0.3) is 0 Å². The number of alkyl halides is 6. The number of rotatable bonds is 5. The fourth-order valence-electron chi connectivity index (χ4n) is 3.59. The van der Waals surface area contributed by atoms with E-state index in [0.717, 1.165) is 24.3 Å². The van der Waals surface area contributed by atoms with Gasteiger partial charge in [-0.25, -0.2) is 4.79 Å². The average Bonchev–Trinajstić information content (AvgIpc) is 2.69. The van der Waals surface area contributed by atoms with Crippen LogP contribution in [0, 0.1) is 6.92 Å². The lowest BCUT2D eigenvalue weighted by Gasteiger charge is -2.30. The van der Waals surface area contributed by atoms with Crippen molar-refractivity contribution < 1.29 is 40.6 Å². The Labute approximate surface area is 186 Å². The Bertz CT molecular complexity index is 969. The van der Waals surface area contributed by atoms with Gasteiger partial charge in [-0.15, -0.1) is 13.2 Å². The van der Waals surface area contributed by atoms with Crippen LogP contribution in [0.3, 0.4) is 0 Å². The maximum absolute atomic E-state index is 12.8. The summed E-state index contributed by atoms with van der Waals surface area (Å²) in [7, 11) is 0. The van der Waals surface area contributed by atoms with Gasteiger partial charge in [0.1, 0.15) is 11.5 Å². The topological polar surface area (TPSA) is 59.6 Å². The molecule has 1 aliphatic carbocycles. The SMILES string of the molecule is Cc1cc(C(F)(F)F)ccc1OC1CCC(NC(=O)Nc2cccc(OC(F)(F)F)c2)CC1. The minimum absolute atomic E-state index is 0.143. The van der Waals surface area contributed by atoms with E-state index in [2.05, 4.69) is 15.4 Å². The van der Waals surface area contributed by atoms with E-state index in [1.165, 1.54) is 18.2 Å². The number of urea groups is 1. The molecule has 0 aliphatic heterocycles. The van der Waals surface area contributed by atoms with Gasteiger partial charge in [-0.2, -0.15) is 13.2 Å². The van der Waals surface area contributed by atoms with E-state index in [1.807, 2.05) is 0 Å². The van der Waals surface area contributed by atoms with Crippen LogP contribution in [0.5, 0.6) is 11.5 Å². The smallest absolute Gasteiger partial charge is 0.490 e. The zero-order valence-electron chi connectivity index (χ0n) is 17.5. The largest absolute Gasteiger partial charge is 0.573 e. The number of carbonyl (C=O) groups is 1. The third-order valence-corrected chi connectivity index (χ3v) is 5.13. The normalized spacial score (nSPS) is 19.0. The Morgan fingerprint density at radius 3 is 2.27 bits per heavy atom. The van der Waals surface area contributed by atoms with Crippen LogP contribution < -0.4 is 20.1 Å². The lowest BCUT2D eigenvalue weighted by molar-refractivity contribution is -0.274. The van der Waals surface area contributed by atoms with Crippen LogP contribution in [-0.4, -0.2) is 24.5 Å². The Kier molecular flexibility index (Phi) is 7.28. The Morgan fingerprint density at radius 2 is 1.67 bits per heavy atom. The second kappa shape index (κ2) is 9.80. The molecule has 0 heterocycles. The maximum Gasteiger partial charge on any atom is 0.573 e. The summed E-state index contributed by atoms with van der Waals surface area (Å²) in [6.45, 7) is 1.55. The van der Waals surface area contributed by atoms with Gasteiger partial charge >= 0.3 is 18.6 Å². The summed E-state index contributed by atoms with van der Waals surface area (Å²) in [5.74, 6) is -0.0605. The first kappa shape index (κ1) is 24.5. The molecule has 0 bridgehead atoms. The number of anilines is 1. The third kappa shape index (κ3) is 7.47. The van der Waals surface area contributed by atoms with Crippen molar-refractivity contribution in [2.75, 3.05) is 5.32 Å². The first-order valence-corrected chi connectivity index (χ1v) is 10.2. The van der Waals surface area contributed by atoms with Crippen molar-refractivity contribution in [2.24, 2.45) is 0 Å². The quantitative estimate of drug-likeness (QED) is 0.490. The highest BCUT2D eigenvalue weighted by molar-refractivity contribution is 5.89. The lowest BCUT2D eigenvalue weighted by Crippen LogP contribution is -2.41. The monoisotopic (exact) mass is 476 g/mol. The second-order valence-corrected chi connectivity index (χ2v) is 7.74. The van der Waals surface area contributed by atoms with Gasteiger partial charge in [-0.3, -0.25) is 0 Å². The van der Waals surface area contributed by atoms with E-state index in [4.69, 9.17) is 4.74 Å². The molecule has 5 nitrogen and oxygen atoms in total. The summed E-state index contributed by atoms with van der Waals surface area (Å²) < 4.78 is 85.0. The molecule has 2 aromatic carbocycles. The van der Waals surface area contributed by atoms with Gasteiger partial charge in [0.05, 0.1) is 11.7 Å². The lowest BCUT2D eigenvalue weighted by atomic mass is 9.93. The zero-order valence-corrected chi connectivity index (χ0v) is 17.5. The first-order valence-electron chi connectivity index (χ1n) is 10.2. The molecule has 11 heteroatoms. The standard InChI is InChI=1S/C22H22F6N2O3/c1-13-11-14(21(23,24)25)5-10-19(13)32-17-8-6-15(7-9-17)29-20(31)30-16-3-2-4-18(12-16)33-22(26,27)28/h2-5,10-12,15,17H,6-9H2,1H3,(H2,29,30,31). The molecule has 1 aliphatic rings. The molecule has 33 heavy (non-hydrogen) atoms. The minimum Gasteiger partial charge on any atom is -0.490 e. The summed E-state index contributed by atoms with van der Waals surface area (Å²) in [4.78, 5) is 12.2. The fraction of sp³-hybridized carbons (Fsp3) is 0.409. The molecule has 1 fully saturated rings. The van der Waals surface area contributed by atoms with Crippen molar-refractivity contribution in [3.63, 3.8) is 0 Å². The molecule has 0 radical (unpaired) electrons. The van der Waals surface area contributed by atoms with Gasteiger partial charge in [0.15, 0.2) is 0 Å². The van der Waals surface area contributed by atoms with Crippen LogP contribution in [0.2, 0.25) is 0 Å². The van der Waals surface area contributed by atoms with Crippen molar-refractivity contribution in [1.82, 2.24) is 5.32 Å². The van der Waals surface area contributed by atoms with Gasteiger partial charge in [-0.1, -0.05) is 6.07 Å². The van der Waals surface area contributed by atoms with Gasteiger partial charge in [0.25, 0.3) is 0 Å². The molecular formula is C22H22F6N2O3. The van der Waals surface area contributed by atoms with E-state index >= 15 is 0 Å². The van der Waals surface area contributed by atoms with E-state index < -0.39 is 29.9 Å². The maximum atomic E-state index is 12.8. The molecule has 2 aromatic rings.